The van der Waals surface area contributed by atoms with Gasteiger partial charge in [-0.1, -0.05) is 24.3 Å². The summed E-state index contributed by atoms with van der Waals surface area (Å²) in [6.45, 7) is 0. The Morgan fingerprint density at radius 1 is 0.833 bits per heavy atom. The fourth-order valence-electron chi connectivity index (χ4n) is 3.60. The van der Waals surface area contributed by atoms with Crippen LogP contribution < -0.4 is 0 Å². The lowest BCUT2D eigenvalue weighted by Crippen LogP contribution is -2.01. The average Bonchev–Trinajstić information content (AvgIpc) is 3.36. The molecule has 0 amide bonds. The van der Waals surface area contributed by atoms with E-state index in [-0.39, 0.29) is 11.1 Å². The van der Waals surface area contributed by atoms with Crippen LogP contribution in [-0.4, -0.2) is 37.8 Å². The summed E-state index contributed by atoms with van der Waals surface area (Å²) >= 11 is 0. The first-order valence-electron chi connectivity index (χ1n) is 9.25. The molecule has 0 aliphatic carbocycles. The number of hydrogen-bond donors (Lipinski definition) is 3. The summed E-state index contributed by atoms with van der Waals surface area (Å²) < 4.78 is 0. The number of rotatable bonds is 4. The van der Waals surface area contributed by atoms with E-state index in [0.717, 1.165) is 28.1 Å². The molecular formula is C23H15N3O4. The third-order valence-corrected chi connectivity index (χ3v) is 5.16. The van der Waals surface area contributed by atoms with Crippen LogP contribution in [0.3, 0.4) is 0 Å². The maximum Gasteiger partial charge on any atom is 0.335 e. The Labute approximate surface area is 170 Å². The summed E-state index contributed by atoms with van der Waals surface area (Å²) in [5.41, 5.74) is 6.24. The van der Waals surface area contributed by atoms with Crippen LogP contribution >= 0.6 is 0 Å². The Hall–Kier alpha value is -4.26. The van der Waals surface area contributed by atoms with E-state index >= 15 is 0 Å². The minimum absolute atomic E-state index is 0.206. The second kappa shape index (κ2) is 6.66. The minimum Gasteiger partial charge on any atom is -0.478 e. The van der Waals surface area contributed by atoms with Crippen molar-refractivity contribution in [2.75, 3.05) is 0 Å². The van der Waals surface area contributed by atoms with E-state index in [4.69, 9.17) is 10.2 Å². The maximum absolute atomic E-state index is 11.2. The number of aromatic nitrogens is 2. The normalized spacial score (nSPS) is 12.6. The van der Waals surface area contributed by atoms with Crippen LogP contribution in [0.4, 0.5) is 5.69 Å². The first-order valence-corrected chi connectivity index (χ1v) is 9.25. The molecule has 0 bridgehead atoms. The number of carboxylic acid groups (broad SMARTS) is 2. The number of nitrogens with zero attached hydrogens (tertiary/aromatic N) is 2. The molecule has 0 radical (unpaired) electrons. The van der Waals surface area contributed by atoms with Gasteiger partial charge in [0.1, 0.15) is 5.82 Å². The Balaban J connectivity index is 1.42. The Morgan fingerprint density at radius 2 is 1.50 bits per heavy atom. The lowest BCUT2D eigenvalue weighted by molar-refractivity contribution is 0.0686. The molecule has 4 aromatic rings. The highest BCUT2D eigenvalue weighted by Crippen LogP contribution is 2.30. The van der Waals surface area contributed by atoms with E-state index in [9.17, 15) is 9.59 Å². The van der Waals surface area contributed by atoms with Crippen molar-refractivity contribution in [3.8, 4) is 11.4 Å². The largest absolute Gasteiger partial charge is 0.478 e. The SMILES string of the molecule is O=C(O)c1ccc2c(c1)CC(c1ccc(-c3nc4ccc(C(=O)O)cc4[nH]3)cc1)=N2. The standard InChI is InChI=1S/C23H15N3O4/c27-22(28)14-5-7-17-16(9-14)11-19(24-17)12-1-3-13(4-2-12)21-25-18-8-6-15(23(29)30)10-20(18)26-21/h1-10H,11H2,(H,25,26)(H,27,28)(H,29,30). The van der Waals surface area contributed by atoms with Crippen LogP contribution in [0.1, 0.15) is 31.8 Å². The number of aromatic carboxylic acids is 2. The van der Waals surface area contributed by atoms with E-state index < -0.39 is 11.9 Å². The highest BCUT2D eigenvalue weighted by atomic mass is 16.4. The van der Waals surface area contributed by atoms with Gasteiger partial charge in [0, 0.05) is 12.0 Å². The summed E-state index contributed by atoms with van der Waals surface area (Å²) in [5, 5.41) is 18.3. The first kappa shape index (κ1) is 17.8. The number of fused-ring (bicyclic) bond motifs is 2. The molecule has 0 unspecified atom stereocenters. The lowest BCUT2D eigenvalue weighted by Gasteiger charge is -2.02. The number of imidazole rings is 1. The van der Waals surface area contributed by atoms with Gasteiger partial charge in [0.25, 0.3) is 0 Å². The highest BCUT2D eigenvalue weighted by Gasteiger charge is 2.18. The number of aromatic amines is 1. The van der Waals surface area contributed by atoms with Crippen molar-refractivity contribution in [2.24, 2.45) is 4.99 Å². The summed E-state index contributed by atoms with van der Waals surface area (Å²) in [6, 6.07) is 17.5. The molecule has 0 atom stereocenters. The van der Waals surface area contributed by atoms with Gasteiger partial charge in [-0.05, 0) is 47.5 Å². The topological polar surface area (TPSA) is 116 Å². The van der Waals surface area contributed by atoms with Gasteiger partial charge in [-0.25, -0.2) is 14.6 Å². The zero-order valence-corrected chi connectivity index (χ0v) is 15.6. The maximum atomic E-state index is 11.2. The van der Waals surface area contributed by atoms with Gasteiger partial charge in [0.2, 0.25) is 0 Å². The van der Waals surface area contributed by atoms with Crippen LogP contribution in [0.5, 0.6) is 0 Å². The molecule has 1 aliphatic rings. The number of benzene rings is 3. The Bertz CT molecular complexity index is 1370. The van der Waals surface area contributed by atoms with Gasteiger partial charge >= 0.3 is 11.9 Å². The summed E-state index contributed by atoms with van der Waals surface area (Å²) in [6.07, 6.45) is 0.582. The van der Waals surface area contributed by atoms with Crippen LogP contribution in [0.25, 0.3) is 22.4 Å². The Morgan fingerprint density at radius 3 is 2.23 bits per heavy atom. The summed E-state index contributed by atoms with van der Waals surface area (Å²) in [5.74, 6) is -1.27. The molecule has 1 aromatic heterocycles. The summed E-state index contributed by atoms with van der Waals surface area (Å²) in [7, 11) is 0. The van der Waals surface area contributed by atoms with Crippen molar-refractivity contribution in [3.05, 3.63) is 82.9 Å². The van der Waals surface area contributed by atoms with Crippen LogP contribution in [0.15, 0.2) is 65.7 Å². The fourth-order valence-corrected chi connectivity index (χ4v) is 3.60. The van der Waals surface area contributed by atoms with Gasteiger partial charge < -0.3 is 15.2 Å². The minimum atomic E-state index is -0.980. The van der Waals surface area contributed by atoms with Crippen molar-refractivity contribution in [3.63, 3.8) is 0 Å². The van der Waals surface area contributed by atoms with Crippen LogP contribution in [-0.2, 0) is 6.42 Å². The molecule has 3 N–H and O–H groups in total. The molecule has 146 valence electrons. The van der Waals surface area contributed by atoms with E-state index in [1.165, 1.54) is 6.07 Å². The fraction of sp³-hybridized carbons (Fsp3) is 0.0435. The predicted molar refractivity (Wildman–Crippen MR) is 112 cm³/mol. The van der Waals surface area contributed by atoms with Crippen molar-refractivity contribution in [1.29, 1.82) is 0 Å². The summed E-state index contributed by atoms with van der Waals surface area (Å²) in [4.78, 5) is 34.6. The lowest BCUT2D eigenvalue weighted by atomic mass is 10.0. The van der Waals surface area contributed by atoms with E-state index in [1.54, 1.807) is 30.3 Å². The van der Waals surface area contributed by atoms with Crippen molar-refractivity contribution >= 4 is 34.4 Å². The number of hydrogen-bond acceptors (Lipinski definition) is 4. The molecule has 7 nitrogen and oxygen atoms in total. The zero-order valence-electron chi connectivity index (χ0n) is 15.6. The van der Waals surface area contributed by atoms with Gasteiger partial charge in [-0.3, -0.25) is 4.99 Å². The zero-order chi connectivity index (χ0) is 20.8. The number of carboxylic acids is 2. The molecule has 7 heteroatoms. The van der Waals surface area contributed by atoms with Crippen LogP contribution in [0.2, 0.25) is 0 Å². The second-order valence-corrected chi connectivity index (χ2v) is 7.08. The van der Waals surface area contributed by atoms with E-state index in [2.05, 4.69) is 15.0 Å². The molecule has 0 spiro atoms. The average molecular weight is 397 g/mol. The molecule has 3 aromatic carbocycles. The quantitative estimate of drug-likeness (QED) is 0.475. The van der Waals surface area contributed by atoms with Crippen LogP contribution in [0, 0.1) is 0 Å². The Kier molecular flexibility index (Phi) is 3.96. The van der Waals surface area contributed by atoms with Crippen molar-refractivity contribution in [2.45, 2.75) is 6.42 Å². The first-order chi connectivity index (χ1) is 14.5. The smallest absolute Gasteiger partial charge is 0.335 e. The predicted octanol–water partition coefficient (Wildman–Crippen LogP) is 4.30. The molecular weight excluding hydrogens is 382 g/mol. The van der Waals surface area contributed by atoms with Gasteiger partial charge in [-0.2, -0.15) is 0 Å². The molecule has 30 heavy (non-hydrogen) atoms. The van der Waals surface area contributed by atoms with Gasteiger partial charge in [-0.15, -0.1) is 0 Å². The molecule has 0 saturated heterocycles. The van der Waals surface area contributed by atoms with Crippen molar-refractivity contribution < 1.29 is 19.8 Å². The number of carbonyl (C=O) groups is 2. The number of nitrogens with one attached hydrogen (secondary N) is 1. The molecule has 2 heterocycles. The van der Waals surface area contributed by atoms with E-state index in [1.807, 2.05) is 24.3 Å². The highest BCUT2D eigenvalue weighted by molar-refractivity contribution is 6.07. The molecule has 0 fully saturated rings. The van der Waals surface area contributed by atoms with E-state index in [0.29, 0.717) is 23.3 Å². The molecule has 1 aliphatic heterocycles. The van der Waals surface area contributed by atoms with Crippen molar-refractivity contribution in [1.82, 2.24) is 9.97 Å². The second-order valence-electron chi connectivity index (χ2n) is 7.08. The van der Waals surface area contributed by atoms with Gasteiger partial charge in [0.05, 0.1) is 33.6 Å². The molecule has 0 saturated carbocycles. The third-order valence-electron chi connectivity index (χ3n) is 5.16. The number of H-pyrrole nitrogens is 1. The third kappa shape index (κ3) is 3.02. The monoisotopic (exact) mass is 397 g/mol. The van der Waals surface area contributed by atoms with Gasteiger partial charge in [0.15, 0.2) is 0 Å². The molecule has 5 rings (SSSR count). The number of aliphatic imine (C=N–C) groups is 1.